The average Bonchev–Trinajstić information content (AvgIpc) is 2.46. The first-order chi connectivity index (χ1) is 9.99. The van der Waals surface area contributed by atoms with Gasteiger partial charge in [-0.2, -0.15) is 11.8 Å². The molecule has 1 unspecified atom stereocenters. The van der Waals surface area contributed by atoms with Crippen LogP contribution in [0.4, 0.5) is 11.4 Å². The Bertz CT molecular complexity index is 468. The third kappa shape index (κ3) is 5.55. The fourth-order valence-electron chi connectivity index (χ4n) is 2.12. The summed E-state index contributed by atoms with van der Waals surface area (Å²) in [7, 11) is 2.07. The van der Waals surface area contributed by atoms with Crippen LogP contribution in [0.15, 0.2) is 18.2 Å². The quantitative estimate of drug-likeness (QED) is 0.558. The number of hydrogen-bond acceptors (Lipinski definition) is 5. The van der Waals surface area contributed by atoms with Crippen molar-refractivity contribution in [2.24, 2.45) is 0 Å². The van der Waals surface area contributed by atoms with Crippen LogP contribution in [0.1, 0.15) is 25.8 Å². The monoisotopic (exact) mass is 311 g/mol. The molecule has 5 nitrogen and oxygen atoms in total. The van der Waals surface area contributed by atoms with E-state index in [0.29, 0.717) is 12.6 Å². The lowest BCUT2D eigenvalue weighted by atomic mass is 10.1. The van der Waals surface area contributed by atoms with Crippen molar-refractivity contribution in [3.05, 3.63) is 33.9 Å². The molecule has 0 amide bonds. The highest BCUT2D eigenvalue weighted by Crippen LogP contribution is 2.24. The van der Waals surface area contributed by atoms with E-state index < -0.39 is 0 Å². The number of rotatable bonds is 9. The first kappa shape index (κ1) is 17.8. The highest BCUT2D eigenvalue weighted by atomic mass is 32.2. The van der Waals surface area contributed by atoms with Gasteiger partial charge in [-0.05, 0) is 51.0 Å². The third-order valence-electron chi connectivity index (χ3n) is 3.58. The van der Waals surface area contributed by atoms with E-state index in [0.717, 1.165) is 30.0 Å². The van der Waals surface area contributed by atoms with Crippen molar-refractivity contribution in [2.45, 2.75) is 32.9 Å². The van der Waals surface area contributed by atoms with Crippen molar-refractivity contribution in [2.75, 3.05) is 30.9 Å². The Morgan fingerprint density at radius 1 is 1.48 bits per heavy atom. The molecule has 21 heavy (non-hydrogen) atoms. The molecule has 1 atom stereocenters. The van der Waals surface area contributed by atoms with Crippen LogP contribution in [-0.2, 0) is 6.54 Å². The fraction of sp³-hybridized carbons (Fsp3) is 0.600. The van der Waals surface area contributed by atoms with Crippen LogP contribution in [0.2, 0.25) is 0 Å². The summed E-state index contributed by atoms with van der Waals surface area (Å²) in [6.45, 7) is 5.73. The van der Waals surface area contributed by atoms with Crippen LogP contribution in [0, 0.1) is 10.1 Å². The Hall–Kier alpha value is -1.27. The van der Waals surface area contributed by atoms with Crippen molar-refractivity contribution in [3.8, 4) is 0 Å². The van der Waals surface area contributed by atoms with Gasteiger partial charge in [-0.3, -0.25) is 15.0 Å². The number of nitrogens with zero attached hydrogens (tertiary/aromatic N) is 2. The second-order valence-electron chi connectivity index (χ2n) is 5.17. The molecule has 0 bridgehead atoms. The van der Waals surface area contributed by atoms with E-state index in [-0.39, 0.29) is 10.6 Å². The second-order valence-corrected chi connectivity index (χ2v) is 6.16. The number of thioether (sulfide) groups is 1. The van der Waals surface area contributed by atoms with Gasteiger partial charge in [-0.15, -0.1) is 0 Å². The largest absolute Gasteiger partial charge is 0.385 e. The van der Waals surface area contributed by atoms with Crippen molar-refractivity contribution in [1.82, 2.24) is 4.90 Å². The van der Waals surface area contributed by atoms with Crippen molar-refractivity contribution >= 4 is 23.1 Å². The first-order valence-electron chi connectivity index (χ1n) is 7.20. The van der Waals surface area contributed by atoms with Gasteiger partial charge < -0.3 is 5.32 Å². The minimum Gasteiger partial charge on any atom is -0.385 e. The second kappa shape index (κ2) is 8.89. The van der Waals surface area contributed by atoms with Crippen LogP contribution in [0.25, 0.3) is 0 Å². The van der Waals surface area contributed by atoms with E-state index in [1.54, 1.807) is 18.2 Å². The number of benzene rings is 1. The van der Waals surface area contributed by atoms with Gasteiger partial charge in [-0.1, -0.05) is 0 Å². The van der Waals surface area contributed by atoms with Crippen LogP contribution < -0.4 is 5.32 Å². The Morgan fingerprint density at radius 2 is 2.19 bits per heavy atom. The van der Waals surface area contributed by atoms with Gasteiger partial charge in [0.25, 0.3) is 5.69 Å². The van der Waals surface area contributed by atoms with E-state index in [4.69, 9.17) is 0 Å². The van der Waals surface area contributed by atoms with Gasteiger partial charge in [0.1, 0.15) is 0 Å². The molecule has 1 aromatic carbocycles. The maximum absolute atomic E-state index is 11.0. The summed E-state index contributed by atoms with van der Waals surface area (Å²) in [5, 5.41) is 14.2. The number of non-ortho nitro benzene ring substituents is 1. The van der Waals surface area contributed by atoms with Gasteiger partial charge in [-0.25, -0.2) is 0 Å². The van der Waals surface area contributed by atoms with Gasteiger partial charge >= 0.3 is 0 Å². The normalized spacial score (nSPS) is 12.4. The summed E-state index contributed by atoms with van der Waals surface area (Å²) in [6.07, 6.45) is 3.22. The molecule has 1 N–H and O–H groups in total. The number of nitrogens with one attached hydrogen (secondary N) is 1. The van der Waals surface area contributed by atoms with Crippen molar-refractivity contribution in [1.29, 1.82) is 0 Å². The molecule has 6 heteroatoms. The maximum Gasteiger partial charge on any atom is 0.269 e. The SMILES string of the molecule is CCNc1ccc([N+](=O)[O-])cc1CN(C)C(C)CCSC. The fourth-order valence-corrected chi connectivity index (χ4v) is 2.70. The Labute approximate surface area is 131 Å². The summed E-state index contributed by atoms with van der Waals surface area (Å²) in [6, 6.07) is 5.48. The summed E-state index contributed by atoms with van der Waals surface area (Å²) in [4.78, 5) is 12.9. The molecule has 0 fully saturated rings. The van der Waals surface area contributed by atoms with Gasteiger partial charge in [0.05, 0.1) is 4.92 Å². The van der Waals surface area contributed by atoms with Crippen LogP contribution >= 0.6 is 11.8 Å². The molecule has 0 aromatic heterocycles. The Kier molecular flexibility index (Phi) is 7.53. The molecule has 0 aliphatic heterocycles. The molecule has 0 aliphatic carbocycles. The standard InChI is InChI=1S/C15H25N3O2S/c1-5-16-15-7-6-14(18(19)20)10-13(15)11-17(3)12(2)8-9-21-4/h6-7,10,12,16H,5,8-9,11H2,1-4H3. The van der Waals surface area contributed by atoms with E-state index in [2.05, 4.69) is 30.4 Å². The van der Waals surface area contributed by atoms with Crippen LogP contribution in [-0.4, -0.2) is 41.5 Å². The van der Waals surface area contributed by atoms with E-state index >= 15 is 0 Å². The molecule has 0 spiro atoms. The molecule has 0 aliphatic rings. The molecule has 0 saturated carbocycles. The highest BCUT2D eigenvalue weighted by molar-refractivity contribution is 7.98. The number of anilines is 1. The zero-order valence-corrected chi connectivity index (χ0v) is 14.1. The van der Waals surface area contributed by atoms with E-state index in [1.165, 1.54) is 0 Å². The molecular formula is C15H25N3O2S. The smallest absolute Gasteiger partial charge is 0.269 e. The summed E-state index contributed by atoms with van der Waals surface area (Å²) < 4.78 is 0. The lowest BCUT2D eigenvalue weighted by molar-refractivity contribution is -0.384. The highest BCUT2D eigenvalue weighted by Gasteiger charge is 2.15. The number of nitro benzene ring substituents is 1. The van der Waals surface area contributed by atoms with Crippen molar-refractivity contribution < 1.29 is 4.92 Å². The predicted molar refractivity (Wildman–Crippen MR) is 91.2 cm³/mol. The van der Waals surface area contributed by atoms with E-state index in [9.17, 15) is 10.1 Å². The maximum atomic E-state index is 11.0. The van der Waals surface area contributed by atoms with Gasteiger partial charge in [0, 0.05) is 37.0 Å². The first-order valence-corrected chi connectivity index (χ1v) is 8.59. The zero-order valence-electron chi connectivity index (χ0n) is 13.3. The molecule has 118 valence electrons. The molecule has 0 radical (unpaired) electrons. The number of nitro groups is 1. The zero-order chi connectivity index (χ0) is 15.8. The minimum atomic E-state index is -0.337. The predicted octanol–water partition coefficient (Wildman–Crippen LogP) is 3.60. The number of hydrogen-bond donors (Lipinski definition) is 1. The molecule has 0 heterocycles. The van der Waals surface area contributed by atoms with Crippen LogP contribution in [0.5, 0.6) is 0 Å². The third-order valence-corrected chi connectivity index (χ3v) is 4.22. The van der Waals surface area contributed by atoms with Crippen LogP contribution in [0.3, 0.4) is 0 Å². The Morgan fingerprint density at radius 3 is 2.76 bits per heavy atom. The molecule has 0 saturated heterocycles. The minimum absolute atomic E-state index is 0.150. The topological polar surface area (TPSA) is 58.4 Å². The van der Waals surface area contributed by atoms with E-state index in [1.807, 2.05) is 18.7 Å². The van der Waals surface area contributed by atoms with Gasteiger partial charge in [0.2, 0.25) is 0 Å². The summed E-state index contributed by atoms with van der Waals surface area (Å²) in [5.41, 5.74) is 2.10. The molecule has 1 aromatic rings. The average molecular weight is 311 g/mol. The molecule has 1 rings (SSSR count). The summed E-state index contributed by atoms with van der Waals surface area (Å²) >= 11 is 1.84. The van der Waals surface area contributed by atoms with Crippen molar-refractivity contribution in [3.63, 3.8) is 0 Å². The lowest BCUT2D eigenvalue weighted by Crippen LogP contribution is -2.29. The summed E-state index contributed by atoms with van der Waals surface area (Å²) in [5.74, 6) is 1.13. The van der Waals surface area contributed by atoms with Gasteiger partial charge in [0.15, 0.2) is 0 Å². The lowest BCUT2D eigenvalue weighted by Gasteiger charge is -2.25. The molecular weight excluding hydrogens is 286 g/mol. The Balaban J connectivity index is 2.87.